The van der Waals surface area contributed by atoms with Gasteiger partial charge in [0, 0.05) is 12.2 Å². The van der Waals surface area contributed by atoms with Gasteiger partial charge in [-0.1, -0.05) is 0 Å². The molecule has 0 fully saturated rings. The summed E-state index contributed by atoms with van der Waals surface area (Å²) in [5.41, 5.74) is 0. The van der Waals surface area contributed by atoms with E-state index in [1.165, 1.54) is 0 Å². The van der Waals surface area contributed by atoms with E-state index in [0.717, 1.165) is 0 Å². The Balaban J connectivity index is -0.000000125. The molecule has 0 radical (unpaired) electrons. The maximum Gasteiger partial charge on any atom is 1.00 e. The first-order valence-corrected chi connectivity index (χ1v) is 2.51. The standard InChI is InChI=1S/C6H4O4.2K.2H/c7-3-1-4(8)6(10)2-5(3)9;;;;/h1-2,7,10H;;;;/q;2*+1;2*-1. The molecule has 56 valence electrons. The van der Waals surface area contributed by atoms with E-state index < -0.39 is 23.1 Å². The molecule has 0 heterocycles. The minimum Gasteiger partial charge on any atom is -1.00 e. The monoisotopic (exact) mass is 220 g/mol. The third-order valence-corrected chi connectivity index (χ3v) is 1.04. The van der Waals surface area contributed by atoms with Gasteiger partial charge in [0.05, 0.1) is 0 Å². The van der Waals surface area contributed by atoms with Gasteiger partial charge in [-0.3, -0.25) is 9.59 Å². The molecule has 0 saturated heterocycles. The van der Waals surface area contributed by atoms with Crippen molar-refractivity contribution in [2.75, 3.05) is 0 Å². The zero-order valence-electron chi connectivity index (χ0n) is 8.87. The quantitative estimate of drug-likeness (QED) is 0.315. The van der Waals surface area contributed by atoms with Gasteiger partial charge < -0.3 is 13.1 Å². The molecular weight excluding hydrogens is 214 g/mol. The number of hydrogen-bond donors (Lipinski definition) is 2. The van der Waals surface area contributed by atoms with Crippen molar-refractivity contribution in [1.82, 2.24) is 0 Å². The number of ketones is 2. The number of allylic oxidation sites excluding steroid dienone is 2. The molecule has 0 aromatic heterocycles. The van der Waals surface area contributed by atoms with Crippen LogP contribution >= 0.6 is 0 Å². The first-order chi connectivity index (χ1) is 4.61. The van der Waals surface area contributed by atoms with E-state index in [2.05, 4.69) is 0 Å². The van der Waals surface area contributed by atoms with Crippen molar-refractivity contribution < 1.29 is 125 Å². The van der Waals surface area contributed by atoms with Crippen LogP contribution in [0.25, 0.3) is 0 Å². The van der Waals surface area contributed by atoms with Gasteiger partial charge in [-0.25, -0.2) is 0 Å². The molecule has 0 bridgehead atoms. The molecule has 1 rings (SSSR count). The van der Waals surface area contributed by atoms with E-state index in [4.69, 9.17) is 10.2 Å². The van der Waals surface area contributed by atoms with Crippen molar-refractivity contribution >= 4 is 11.6 Å². The number of aliphatic hydroxyl groups is 2. The van der Waals surface area contributed by atoms with E-state index in [9.17, 15) is 9.59 Å². The fourth-order valence-electron chi connectivity index (χ4n) is 0.538. The topological polar surface area (TPSA) is 74.6 Å². The normalized spacial score (nSPS) is 15.3. The van der Waals surface area contributed by atoms with Crippen LogP contribution in [0.4, 0.5) is 0 Å². The Bertz CT molecular complexity index is 247. The third-order valence-electron chi connectivity index (χ3n) is 1.04. The molecule has 0 unspecified atom stereocenters. The second-order valence-corrected chi connectivity index (χ2v) is 1.79. The number of carbonyl (C=O) groups is 2. The maximum absolute atomic E-state index is 10.4. The van der Waals surface area contributed by atoms with Gasteiger partial charge in [0.25, 0.3) is 0 Å². The maximum atomic E-state index is 10.4. The number of carbonyl (C=O) groups excluding carboxylic acids is 2. The summed E-state index contributed by atoms with van der Waals surface area (Å²) in [5, 5.41) is 17.2. The molecule has 0 atom stereocenters. The van der Waals surface area contributed by atoms with Crippen molar-refractivity contribution in [2.24, 2.45) is 0 Å². The van der Waals surface area contributed by atoms with Crippen LogP contribution in [-0.2, 0) is 9.59 Å². The van der Waals surface area contributed by atoms with E-state index >= 15 is 0 Å². The zero-order chi connectivity index (χ0) is 7.72. The summed E-state index contributed by atoms with van der Waals surface area (Å²) in [7, 11) is 0. The van der Waals surface area contributed by atoms with E-state index in [1.54, 1.807) is 0 Å². The summed E-state index contributed by atoms with van der Waals surface area (Å²) in [5.74, 6) is -2.78. The van der Waals surface area contributed by atoms with Gasteiger partial charge in [0.2, 0.25) is 11.6 Å². The van der Waals surface area contributed by atoms with Gasteiger partial charge >= 0.3 is 103 Å². The minimum absolute atomic E-state index is 0. The molecule has 1 aliphatic carbocycles. The van der Waals surface area contributed by atoms with Gasteiger partial charge in [-0.15, -0.1) is 0 Å². The summed E-state index contributed by atoms with van der Waals surface area (Å²) in [4.78, 5) is 20.9. The first kappa shape index (κ1) is 16.1. The molecule has 2 N–H and O–H groups in total. The fraction of sp³-hybridized carbons (Fsp3) is 0. The third kappa shape index (κ3) is 4.27. The molecule has 0 aromatic carbocycles. The smallest absolute Gasteiger partial charge is 1.00 e. The molecule has 0 amide bonds. The van der Waals surface area contributed by atoms with Gasteiger partial charge in [0.15, 0.2) is 11.5 Å². The van der Waals surface area contributed by atoms with Crippen LogP contribution in [-0.4, -0.2) is 21.8 Å². The van der Waals surface area contributed by atoms with Gasteiger partial charge in [-0.05, 0) is 0 Å². The number of rotatable bonds is 0. The second-order valence-electron chi connectivity index (χ2n) is 1.79. The van der Waals surface area contributed by atoms with Crippen LogP contribution in [0.15, 0.2) is 23.7 Å². The Morgan fingerprint density at radius 2 is 1.17 bits per heavy atom. The minimum atomic E-state index is -0.753. The van der Waals surface area contributed by atoms with Crippen LogP contribution in [0, 0.1) is 0 Å². The van der Waals surface area contributed by atoms with Crippen LogP contribution in [0.2, 0.25) is 0 Å². The molecule has 0 spiro atoms. The zero-order valence-corrected chi connectivity index (χ0v) is 13.1. The summed E-state index contributed by atoms with van der Waals surface area (Å²) < 4.78 is 0. The van der Waals surface area contributed by atoms with Crippen LogP contribution < -0.4 is 103 Å². The number of hydrogen-bond acceptors (Lipinski definition) is 4. The van der Waals surface area contributed by atoms with E-state index in [1.807, 2.05) is 0 Å². The van der Waals surface area contributed by atoms with Crippen molar-refractivity contribution in [3.8, 4) is 0 Å². The first-order valence-electron chi connectivity index (χ1n) is 2.51. The molecule has 0 saturated carbocycles. The summed E-state index contributed by atoms with van der Waals surface area (Å²) in [6, 6.07) is 0. The summed E-state index contributed by atoms with van der Waals surface area (Å²) in [6.45, 7) is 0. The fourth-order valence-corrected chi connectivity index (χ4v) is 0.538. The van der Waals surface area contributed by atoms with E-state index in [0.29, 0.717) is 12.2 Å². The Morgan fingerprint density at radius 1 is 0.917 bits per heavy atom. The Hall–Kier alpha value is 1.69. The number of aliphatic hydroxyl groups excluding tert-OH is 2. The predicted molar refractivity (Wildman–Crippen MR) is 33.7 cm³/mol. The van der Waals surface area contributed by atoms with E-state index in [-0.39, 0.29) is 106 Å². The Kier molecular flexibility index (Phi) is 9.47. The molecule has 12 heavy (non-hydrogen) atoms. The van der Waals surface area contributed by atoms with Crippen LogP contribution in [0.5, 0.6) is 0 Å². The SMILES string of the molecule is O=C1C=C(O)C(=O)C=C1O.[H-].[H-].[K+].[K+]. The van der Waals surface area contributed by atoms with Gasteiger partial charge in [0.1, 0.15) is 0 Å². The molecule has 0 aromatic rings. The van der Waals surface area contributed by atoms with Crippen LogP contribution in [0.1, 0.15) is 2.85 Å². The largest absolute Gasteiger partial charge is 1.00 e. The van der Waals surface area contributed by atoms with Crippen molar-refractivity contribution in [3.63, 3.8) is 0 Å². The summed E-state index contributed by atoms with van der Waals surface area (Å²) in [6.07, 6.45) is 1.36. The van der Waals surface area contributed by atoms with Crippen molar-refractivity contribution in [3.05, 3.63) is 23.7 Å². The summed E-state index contributed by atoms with van der Waals surface area (Å²) >= 11 is 0. The van der Waals surface area contributed by atoms with Crippen molar-refractivity contribution in [2.45, 2.75) is 0 Å². The molecule has 4 nitrogen and oxygen atoms in total. The second kappa shape index (κ2) is 7.05. The molecular formula is C6H6K2O4. The Morgan fingerprint density at radius 3 is 1.42 bits per heavy atom. The van der Waals surface area contributed by atoms with Gasteiger partial charge in [-0.2, -0.15) is 0 Å². The Labute approximate surface area is 157 Å². The van der Waals surface area contributed by atoms with Crippen molar-refractivity contribution in [1.29, 1.82) is 0 Å². The molecule has 6 heteroatoms. The predicted octanol–water partition coefficient (Wildman–Crippen LogP) is -5.74. The average molecular weight is 220 g/mol. The van der Waals surface area contributed by atoms with Crippen LogP contribution in [0.3, 0.4) is 0 Å². The molecule has 1 aliphatic rings. The average Bonchev–Trinajstić information content (AvgIpc) is 1.84. The molecule has 0 aliphatic heterocycles.